The topological polar surface area (TPSA) is 56.8 Å². The summed E-state index contributed by atoms with van der Waals surface area (Å²) >= 11 is 0. The van der Waals surface area contributed by atoms with Crippen molar-refractivity contribution in [2.75, 3.05) is 11.9 Å². The van der Waals surface area contributed by atoms with Gasteiger partial charge in [0.2, 0.25) is 6.29 Å². The number of para-hydroxylation sites is 1. The van der Waals surface area contributed by atoms with Gasteiger partial charge >= 0.3 is 6.09 Å². The van der Waals surface area contributed by atoms with Crippen molar-refractivity contribution in [1.29, 1.82) is 0 Å². The molecule has 1 amide bonds. The molecule has 2 heterocycles. The van der Waals surface area contributed by atoms with Crippen LogP contribution >= 0.6 is 0 Å². The van der Waals surface area contributed by atoms with E-state index in [1.165, 1.54) is 0 Å². The molecule has 24 heavy (non-hydrogen) atoms. The Kier molecular flexibility index (Phi) is 3.46. The lowest BCUT2D eigenvalue weighted by Gasteiger charge is -2.30. The standard InChI is InChI=1S/C19H19NO4/c1-12-5-3-4-6-15(12)20-18(21)23-13-7-8-16-14(9-13)19(2)10-17(24-16)22-11-19/h3-9,17H,10-11H2,1-2H3,(H,20,21)/t17?,19-/m1/s1. The zero-order valence-corrected chi connectivity index (χ0v) is 13.7. The highest BCUT2D eigenvalue weighted by molar-refractivity contribution is 5.87. The first-order chi connectivity index (χ1) is 11.5. The number of rotatable bonds is 2. The maximum Gasteiger partial charge on any atom is 0.417 e. The first-order valence-electron chi connectivity index (χ1n) is 8.01. The van der Waals surface area contributed by atoms with Crippen LogP contribution in [0.15, 0.2) is 42.5 Å². The molecule has 124 valence electrons. The molecule has 1 N–H and O–H groups in total. The van der Waals surface area contributed by atoms with Crippen LogP contribution in [0.5, 0.6) is 11.5 Å². The predicted octanol–water partition coefficient (Wildman–Crippen LogP) is 4.00. The maximum atomic E-state index is 12.2. The fraction of sp³-hybridized carbons (Fsp3) is 0.316. The lowest BCUT2D eigenvalue weighted by Crippen LogP contribution is -2.29. The molecule has 2 aliphatic heterocycles. The second kappa shape index (κ2) is 5.53. The van der Waals surface area contributed by atoms with Crippen LogP contribution in [0.1, 0.15) is 24.5 Å². The lowest BCUT2D eigenvalue weighted by atomic mass is 9.80. The number of nitrogens with one attached hydrogen (secondary N) is 1. The van der Waals surface area contributed by atoms with Crippen LogP contribution in [0.2, 0.25) is 0 Å². The Morgan fingerprint density at radius 1 is 1.29 bits per heavy atom. The number of fused-ring (bicyclic) bond motifs is 4. The van der Waals surface area contributed by atoms with Crippen molar-refractivity contribution in [2.45, 2.75) is 32.0 Å². The Balaban J connectivity index is 1.53. The molecule has 0 spiro atoms. The first kappa shape index (κ1) is 15.0. The minimum absolute atomic E-state index is 0.0931. The third-order valence-corrected chi connectivity index (χ3v) is 4.66. The minimum atomic E-state index is -0.508. The predicted molar refractivity (Wildman–Crippen MR) is 89.6 cm³/mol. The molecule has 1 saturated heterocycles. The average molecular weight is 325 g/mol. The smallest absolute Gasteiger partial charge is 0.417 e. The quantitative estimate of drug-likeness (QED) is 0.906. The second-order valence-corrected chi connectivity index (χ2v) is 6.61. The summed E-state index contributed by atoms with van der Waals surface area (Å²) in [5.74, 6) is 1.30. The molecule has 0 radical (unpaired) electrons. The van der Waals surface area contributed by atoms with E-state index in [0.29, 0.717) is 12.4 Å². The van der Waals surface area contributed by atoms with E-state index in [0.717, 1.165) is 29.0 Å². The van der Waals surface area contributed by atoms with Crippen molar-refractivity contribution in [3.8, 4) is 11.5 Å². The summed E-state index contributed by atoms with van der Waals surface area (Å²) in [6.07, 6.45) is 0.143. The summed E-state index contributed by atoms with van der Waals surface area (Å²) in [4.78, 5) is 12.2. The lowest BCUT2D eigenvalue weighted by molar-refractivity contribution is -0.0380. The molecule has 1 fully saturated rings. The molecule has 0 aromatic heterocycles. The van der Waals surface area contributed by atoms with E-state index in [4.69, 9.17) is 14.2 Å². The number of anilines is 1. The molecule has 5 heteroatoms. The van der Waals surface area contributed by atoms with E-state index in [2.05, 4.69) is 12.2 Å². The van der Waals surface area contributed by atoms with Gasteiger partial charge in [0.15, 0.2) is 0 Å². The minimum Gasteiger partial charge on any atom is -0.465 e. The fourth-order valence-electron chi connectivity index (χ4n) is 3.27. The molecule has 0 saturated carbocycles. The summed E-state index contributed by atoms with van der Waals surface area (Å²) in [5.41, 5.74) is 2.65. The fourth-order valence-corrected chi connectivity index (χ4v) is 3.27. The summed E-state index contributed by atoms with van der Waals surface area (Å²) in [6, 6.07) is 13.0. The van der Waals surface area contributed by atoms with Crippen molar-refractivity contribution in [2.24, 2.45) is 0 Å². The van der Waals surface area contributed by atoms with Crippen molar-refractivity contribution in [3.63, 3.8) is 0 Å². The molecular formula is C19H19NO4. The highest BCUT2D eigenvalue weighted by Crippen LogP contribution is 2.47. The number of amides is 1. The summed E-state index contributed by atoms with van der Waals surface area (Å²) < 4.78 is 16.9. The van der Waals surface area contributed by atoms with Crippen LogP contribution < -0.4 is 14.8 Å². The zero-order chi connectivity index (χ0) is 16.7. The molecule has 2 atom stereocenters. The van der Waals surface area contributed by atoms with Crippen molar-refractivity contribution in [1.82, 2.24) is 0 Å². The monoisotopic (exact) mass is 325 g/mol. The van der Waals surface area contributed by atoms with Crippen LogP contribution in [0.3, 0.4) is 0 Å². The van der Waals surface area contributed by atoms with Gasteiger partial charge in [-0.05, 0) is 36.8 Å². The van der Waals surface area contributed by atoms with Gasteiger partial charge in [-0.15, -0.1) is 0 Å². The number of ether oxygens (including phenoxy) is 3. The SMILES string of the molecule is Cc1ccccc1NC(=O)Oc1ccc2c(c1)[C@@]1(C)COC(C1)O2. The molecular weight excluding hydrogens is 306 g/mol. The van der Waals surface area contributed by atoms with Gasteiger partial charge in [-0.25, -0.2) is 4.79 Å². The van der Waals surface area contributed by atoms with Gasteiger partial charge in [-0.1, -0.05) is 25.1 Å². The summed E-state index contributed by atoms with van der Waals surface area (Å²) in [7, 11) is 0. The Morgan fingerprint density at radius 2 is 2.12 bits per heavy atom. The van der Waals surface area contributed by atoms with Crippen LogP contribution in [0.4, 0.5) is 10.5 Å². The Labute approximate surface area is 140 Å². The normalized spacial score (nSPS) is 24.0. The van der Waals surface area contributed by atoms with Crippen LogP contribution in [0.25, 0.3) is 0 Å². The van der Waals surface area contributed by atoms with Crippen molar-refractivity contribution < 1.29 is 19.0 Å². The van der Waals surface area contributed by atoms with Gasteiger partial charge in [0.25, 0.3) is 0 Å². The Bertz CT molecular complexity index is 804. The molecule has 4 rings (SSSR count). The van der Waals surface area contributed by atoms with Gasteiger partial charge in [-0.3, -0.25) is 5.32 Å². The number of aryl methyl sites for hydroxylation is 1. The summed E-state index contributed by atoms with van der Waals surface area (Å²) in [5, 5.41) is 2.76. The van der Waals surface area contributed by atoms with Gasteiger partial charge < -0.3 is 14.2 Å². The van der Waals surface area contributed by atoms with Crippen molar-refractivity contribution in [3.05, 3.63) is 53.6 Å². The molecule has 2 bridgehead atoms. The van der Waals surface area contributed by atoms with E-state index in [1.807, 2.05) is 43.3 Å². The number of hydrogen-bond donors (Lipinski definition) is 1. The van der Waals surface area contributed by atoms with E-state index >= 15 is 0 Å². The molecule has 1 unspecified atom stereocenters. The van der Waals surface area contributed by atoms with Crippen LogP contribution in [-0.2, 0) is 10.2 Å². The number of carbonyl (C=O) groups excluding carboxylic acids is 1. The third-order valence-electron chi connectivity index (χ3n) is 4.66. The number of carbonyl (C=O) groups is 1. The van der Waals surface area contributed by atoms with Gasteiger partial charge in [0.05, 0.1) is 6.61 Å². The van der Waals surface area contributed by atoms with Gasteiger partial charge in [-0.2, -0.15) is 0 Å². The van der Waals surface area contributed by atoms with Gasteiger partial charge in [0.1, 0.15) is 11.5 Å². The maximum absolute atomic E-state index is 12.2. The van der Waals surface area contributed by atoms with Crippen molar-refractivity contribution >= 4 is 11.8 Å². The van der Waals surface area contributed by atoms with E-state index in [9.17, 15) is 4.79 Å². The second-order valence-electron chi connectivity index (χ2n) is 6.61. The molecule has 5 nitrogen and oxygen atoms in total. The van der Waals surface area contributed by atoms with E-state index in [-0.39, 0.29) is 11.7 Å². The summed E-state index contributed by atoms with van der Waals surface area (Å²) in [6.45, 7) is 4.69. The average Bonchev–Trinajstić information content (AvgIpc) is 2.87. The van der Waals surface area contributed by atoms with Gasteiger partial charge in [0, 0.05) is 23.1 Å². The highest BCUT2D eigenvalue weighted by atomic mass is 16.7. The highest BCUT2D eigenvalue weighted by Gasteiger charge is 2.45. The Hall–Kier alpha value is -2.53. The molecule has 2 aliphatic rings. The third kappa shape index (κ3) is 2.61. The van der Waals surface area contributed by atoms with E-state index < -0.39 is 6.09 Å². The zero-order valence-electron chi connectivity index (χ0n) is 13.7. The Morgan fingerprint density at radius 3 is 2.96 bits per heavy atom. The largest absolute Gasteiger partial charge is 0.465 e. The number of benzene rings is 2. The number of hydrogen-bond acceptors (Lipinski definition) is 4. The van der Waals surface area contributed by atoms with E-state index in [1.54, 1.807) is 6.07 Å². The molecule has 2 aromatic rings. The molecule has 0 aliphatic carbocycles. The van der Waals surface area contributed by atoms with Crippen LogP contribution in [-0.4, -0.2) is 19.0 Å². The molecule has 2 aromatic carbocycles. The first-order valence-corrected chi connectivity index (χ1v) is 8.01. The van der Waals surface area contributed by atoms with Crippen LogP contribution in [0, 0.1) is 6.92 Å².